The number of hydrogen-bond donors (Lipinski definition) is 3. The van der Waals surface area contributed by atoms with Crippen molar-refractivity contribution >= 4 is 5.91 Å². The van der Waals surface area contributed by atoms with Gasteiger partial charge in [0.2, 0.25) is 5.91 Å². The van der Waals surface area contributed by atoms with E-state index < -0.39 is 5.60 Å². The van der Waals surface area contributed by atoms with E-state index in [-0.39, 0.29) is 11.9 Å². The summed E-state index contributed by atoms with van der Waals surface area (Å²) in [6.07, 6.45) is 2.86. The molecule has 0 radical (unpaired) electrons. The number of carbonyl (C=O) groups excluding carboxylic acids is 1. The molecule has 5 nitrogen and oxygen atoms in total. The number of nitrogens with one attached hydrogen (secondary N) is 2. The quantitative estimate of drug-likeness (QED) is 0.565. The van der Waals surface area contributed by atoms with Crippen LogP contribution < -0.4 is 10.6 Å². The van der Waals surface area contributed by atoms with E-state index in [2.05, 4.69) is 17.2 Å². The molecule has 1 atom stereocenters. The van der Waals surface area contributed by atoms with Crippen molar-refractivity contribution in [1.29, 1.82) is 0 Å². The van der Waals surface area contributed by atoms with Crippen LogP contribution in [-0.4, -0.2) is 49.0 Å². The molecule has 0 aromatic heterocycles. The van der Waals surface area contributed by atoms with Gasteiger partial charge in [-0.15, -0.1) is 6.58 Å². The molecular formula is C12H22N2O3. The lowest BCUT2D eigenvalue weighted by atomic mass is 9.94. The molecule has 0 aliphatic carbocycles. The SMILES string of the molecule is C=CCNC(=O)C(C)NCC1(O)CCOCC1. The van der Waals surface area contributed by atoms with Crippen LogP contribution in [0.3, 0.4) is 0 Å². The lowest BCUT2D eigenvalue weighted by Crippen LogP contribution is -2.51. The normalized spacial score (nSPS) is 20.6. The summed E-state index contributed by atoms with van der Waals surface area (Å²) in [6.45, 7) is 7.35. The fraction of sp³-hybridized carbons (Fsp3) is 0.750. The van der Waals surface area contributed by atoms with Crippen LogP contribution in [0.4, 0.5) is 0 Å². The van der Waals surface area contributed by atoms with Gasteiger partial charge in [0.25, 0.3) is 0 Å². The minimum Gasteiger partial charge on any atom is -0.388 e. The van der Waals surface area contributed by atoms with Gasteiger partial charge >= 0.3 is 0 Å². The zero-order valence-corrected chi connectivity index (χ0v) is 10.4. The van der Waals surface area contributed by atoms with Gasteiger partial charge in [-0.25, -0.2) is 0 Å². The average molecular weight is 242 g/mol. The first-order valence-electron chi connectivity index (χ1n) is 5.99. The standard InChI is InChI=1S/C12H22N2O3/c1-3-6-13-11(15)10(2)14-9-12(16)4-7-17-8-5-12/h3,10,14,16H,1,4-9H2,2H3,(H,13,15). The van der Waals surface area contributed by atoms with E-state index in [1.807, 2.05) is 0 Å². The Kier molecular flexibility index (Phi) is 5.61. The number of ether oxygens (including phenoxy) is 1. The van der Waals surface area contributed by atoms with E-state index >= 15 is 0 Å². The maximum absolute atomic E-state index is 11.6. The highest BCUT2D eigenvalue weighted by Gasteiger charge is 2.30. The predicted octanol–water partition coefficient (Wildman–Crippen LogP) is -0.192. The van der Waals surface area contributed by atoms with E-state index in [1.165, 1.54) is 0 Å². The summed E-state index contributed by atoms with van der Waals surface area (Å²) in [4.78, 5) is 11.6. The Morgan fingerprint density at radius 2 is 2.24 bits per heavy atom. The largest absolute Gasteiger partial charge is 0.388 e. The van der Waals surface area contributed by atoms with E-state index in [9.17, 15) is 9.90 Å². The Bertz CT molecular complexity index is 262. The van der Waals surface area contributed by atoms with Crippen molar-refractivity contribution in [2.45, 2.75) is 31.4 Å². The summed E-state index contributed by atoms with van der Waals surface area (Å²) in [6, 6.07) is -0.318. The van der Waals surface area contributed by atoms with Gasteiger partial charge in [0, 0.05) is 39.1 Å². The topological polar surface area (TPSA) is 70.6 Å². The monoisotopic (exact) mass is 242 g/mol. The first-order chi connectivity index (χ1) is 8.07. The van der Waals surface area contributed by atoms with Gasteiger partial charge in [-0.1, -0.05) is 6.08 Å². The van der Waals surface area contributed by atoms with E-state index in [0.29, 0.717) is 39.1 Å². The number of aliphatic hydroxyl groups is 1. The van der Waals surface area contributed by atoms with Gasteiger partial charge < -0.3 is 20.5 Å². The first kappa shape index (κ1) is 14.2. The van der Waals surface area contributed by atoms with Gasteiger partial charge in [0.05, 0.1) is 11.6 Å². The second-order valence-corrected chi connectivity index (χ2v) is 4.47. The van der Waals surface area contributed by atoms with E-state index in [1.54, 1.807) is 13.0 Å². The molecule has 0 aromatic rings. The van der Waals surface area contributed by atoms with Gasteiger partial charge in [-0.3, -0.25) is 4.79 Å². The number of carbonyl (C=O) groups is 1. The molecule has 1 unspecified atom stereocenters. The van der Waals surface area contributed by atoms with Gasteiger partial charge in [0.1, 0.15) is 0 Å². The van der Waals surface area contributed by atoms with Crippen LogP contribution in [0.1, 0.15) is 19.8 Å². The van der Waals surface area contributed by atoms with Crippen LogP contribution >= 0.6 is 0 Å². The molecular weight excluding hydrogens is 220 g/mol. The fourth-order valence-electron chi connectivity index (χ4n) is 1.69. The maximum atomic E-state index is 11.6. The van der Waals surface area contributed by atoms with Crippen LogP contribution in [0.2, 0.25) is 0 Å². The van der Waals surface area contributed by atoms with Crippen LogP contribution in [0, 0.1) is 0 Å². The molecule has 0 bridgehead atoms. The molecule has 3 N–H and O–H groups in total. The Morgan fingerprint density at radius 3 is 2.82 bits per heavy atom. The van der Waals surface area contributed by atoms with E-state index in [4.69, 9.17) is 4.74 Å². The summed E-state index contributed by atoms with van der Waals surface area (Å²) in [5, 5.41) is 15.9. The van der Waals surface area contributed by atoms with Crippen molar-refractivity contribution in [2.24, 2.45) is 0 Å². The molecule has 1 heterocycles. The Labute approximate surface area is 102 Å². The molecule has 0 saturated carbocycles. The minimum absolute atomic E-state index is 0.0828. The summed E-state index contributed by atoms with van der Waals surface area (Å²) < 4.78 is 5.19. The smallest absolute Gasteiger partial charge is 0.237 e. The number of rotatable bonds is 6. The number of hydrogen-bond acceptors (Lipinski definition) is 4. The molecule has 1 rings (SSSR count). The molecule has 0 spiro atoms. The summed E-state index contributed by atoms with van der Waals surface area (Å²) in [7, 11) is 0. The molecule has 1 fully saturated rings. The first-order valence-corrected chi connectivity index (χ1v) is 5.99. The Hall–Kier alpha value is -0.910. The molecule has 98 valence electrons. The average Bonchev–Trinajstić information content (AvgIpc) is 2.34. The molecule has 1 aliphatic heterocycles. The molecule has 1 aliphatic rings. The lowest BCUT2D eigenvalue weighted by molar-refractivity contribution is -0.123. The summed E-state index contributed by atoms with van der Waals surface area (Å²) in [5.74, 6) is -0.0828. The second-order valence-electron chi connectivity index (χ2n) is 4.47. The van der Waals surface area contributed by atoms with Crippen molar-refractivity contribution in [3.63, 3.8) is 0 Å². The van der Waals surface area contributed by atoms with Gasteiger partial charge in [-0.2, -0.15) is 0 Å². The highest BCUT2D eigenvalue weighted by atomic mass is 16.5. The third kappa shape index (κ3) is 4.85. The molecule has 1 saturated heterocycles. The second kappa shape index (κ2) is 6.74. The molecule has 17 heavy (non-hydrogen) atoms. The number of amides is 1. The van der Waals surface area contributed by atoms with Gasteiger partial charge in [0.15, 0.2) is 0 Å². The van der Waals surface area contributed by atoms with Crippen LogP contribution in [0.15, 0.2) is 12.7 Å². The van der Waals surface area contributed by atoms with Gasteiger partial charge in [-0.05, 0) is 6.92 Å². The van der Waals surface area contributed by atoms with Crippen molar-refractivity contribution in [3.05, 3.63) is 12.7 Å². The zero-order valence-electron chi connectivity index (χ0n) is 10.4. The van der Waals surface area contributed by atoms with Crippen molar-refractivity contribution < 1.29 is 14.6 Å². The van der Waals surface area contributed by atoms with Crippen molar-refractivity contribution in [3.8, 4) is 0 Å². The third-order valence-corrected chi connectivity index (χ3v) is 2.97. The fourth-order valence-corrected chi connectivity index (χ4v) is 1.69. The molecule has 1 amide bonds. The van der Waals surface area contributed by atoms with Crippen LogP contribution in [0.25, 0.3) is 0 Å². The summed E-state index contributed by atoms with van der Waals surface area (Å²) in [5.41, 5.74) is -0.745. The maximum Gasteiger partial charge on any atom is 0.237 e. The molecule has 5 heteroatoms. The van der Waals surface area contributed by atoms with Crippen LogP contribution in [-0.2, 0) is 9.53 Å². The minimum atomic E-state index is -0.745. The predicted molar refractivity (Wildman–Crippen MR) is 65.7 cm³/mol. The molecule has 0 aromatic carbocycles. The summed E-state index contributed by atoms with van der Waals surface area (Å²) >= 11 is 0. The zero-order chi connectivity index (χ0) is 12.7. The third-order valence-electron chi connectivity index (χ3n) is 2.97. The highest BCUT2D eigenvalue weighted by Crippen LogP contribution is 2.19. The Balaban J connectivity index is 2.28. The van der Waals surface area contributed by atoms with Crippen molar-refractivity contribution in [1.82, 2.24) is 10.6 Å². The van der Waals surface area contributed by atoms with Crippen LogP contribution in [0.5, 0.6) is 0 Å². The highest BCUT2D eigenvalue weighted by molar-refractivity contribution is 5.81. The Morgan fingerprint density at radius 1 is 1.59 bits per heavy atom. The van der Waals surface area contributed by atoms with E-state index in [0.717, 1.165) is 0 Å². The van der Waals surface area contributed by atoms with Crippen molar-refractivity contribution in [2.75, 3.05) is 26.3 Å². The lowest BCUT2D eigenvalue weighted by Gasteiger charge is -2.33.